The molecule has 1 aliphatic carbocycles. The van der Waals surface area contributed by atoms with Gasteiger partial charge in [-0.3, -0.25) is 0 Å². The number of para-hydroxylation sites is 2. The lowest BCUT2D eigenvalue weighted by molar-refractivity contribution is -0.148. The summed E-state index contributed by atoms with van der Waals surface area (Å²) in [6.45, 7) is 13.1. The van der Waals surface area contributed by atoms with Crippen molar-refractivity contribution in [3.63, 3.8) is 0 Å². The predicted molar refractivity (Wildman–Crippen MR) is 189 cm³/mol. The minimum Gasteiger partial charge on any atom is -0.490 e. The molecule has 0 aliphatic heterocycles. The van der Waals surface area contributed by atoms with Crippen LogP contribution in [-0.2, 0) is 31.9 Å². The highest BCUT2D eigenvalue weighted by Gasteiger charge is 2.27. The molecule has 8 nitrogen and oxygen atoms in total. The van der Waals surface area contributed by atoms with E-state index in [1.165, 1.54) is 5.57 Å². The highest BCUT2D eigenvalue weighted by atomic mass is 16.6. The Morgan fingerprint density at radius 2 is 1.02 bits per heavy atom. The van der Waals surface area contributed by atoms with E-state index in [0.29, 0.717) is 35.8 Å². The van der Waals surface area contributed by atoms with Crippen LogP contribution in [0.3, 0.4) is 0 Å². The zero-order valence-electron chi connectivity index (χ0n) is 28.2. The van der Waals surface area contributed by atoms with Gasteiger partial charge in [0, 0.05) is 33.0 Å². The Morgan fingerprint density at radius 3 is 1.47 bits per heavy atom. The van der Waals surface area contributed by atoms with Gasteiger partial charge in [-0.25, -0.2) is 9.59 Å². The molecule has 49 heavy (non-hydrogen) atoms. The molecule has 8 heteroatoms. The van der Waals surface area contributed by atoms with Gasteiger partial charge in [0.2, 0.25) is 0 Å². The third-order valence-corrected chi connectivity index (χ3v) is 7.87. The molecule has 0 saturated carbocycles. The number of fused-ring (bicyclic) bond motifs is 2. The first-order chi connectivity index (χ1) is 23.7. The van der Waals surface area contributed by atoms with Crippen molar-refractivity contribution in [2.75, 3.05) is 26.4 Å². The van der Waals surface area contributed by atoms with Crippen molar-refractivity contribution in [2.45, 2.75) is 45.8 Å². The van der Waals surface area contributed by atoms with E-state index in [2.05, 4.69) is 26.2 Å². The first-order valence-electron chi connectivity index (χ1n) is 16.3. The summed E-state index contributed by atoms with van der Waals surface area (Å²) in [5, 5.41) is 1.69. The molecular weight excluding hydrogens is 620 g/mol. The van der Waals surface area contributed by atoms with Crippen LogP contribution in [0.5, 0.6) is 23.0 Å². The van der Waals surface area contributed by atoms with Crippen molar-refractivity contribution in [1.29, 1.82) is 0 Å². The fraction of sp³-hybridized carbons (Fsp3) is 0.268. The molecule has 4 aromatic carbocycles. The Kier molecular flexibility index (Phi) is 11.8. The van der Waals surface area contributed by atoms with E-state index in [0.717, 1.165) is 21.9 Å². The van der Waals surface area contributed by atoms with E-state index in [9.17, 15) is 9.59 Å². The molecule has 0 radical (unpaired) electrons. The first-order valence-corrected chi connectivity index (χ1v) is 16.3. The molecule has 0 N–H and O–H groups in total. The fourth-order valence-corrected chi connectivity index (χ4v) is 5.34. The quantitative estimate of drug-likeness (QED) is 0.0683. The topological polar surface area (TPSA) is 89.5 Å². The van der Waals surface area contributed by atoms with Crippen molar-refractivity contribution < 1.29 is 38.0 Å². The number of carbonyl (C=O) groups excluding carboxylic acids is 2. The largest absolute Gasteiger partial charge is 0.490 e. The number of ether oxygens (including phenoxy) is 6. The molecule has 2 unspecified atom stereocenters. The smallest absolute Gasteiger partial charge is 0.333 e. The van der Waals surface area contributed by atoms with Gasteiger partial charge in [-0.15, -0.1) is 0 Å². The lowest BCUT2D eigenvalue weighted by atomic mass is 9.87. The van der Waals surface area contributed by atoms with Gasteiger partial charge in [0.05, 0.1) is 0 Å². The average Bonchev–Trinajstić information content (AvgIpc) is 3.11. The summed E-state index contributed by atoms with van der Waals surface area (Å²) in [5.74, 6) is 1.67. The summed E-state index contributed by atoms with van der Waals surface area (Å²) < 4.78 is 36.5. The molecule has 0 saturated heterocycles. The molecule has 0 spiro atoms. The average molecular weight is 663 g/mol. The summed E-state index contributed by atoms with van der Waals surface area (Å²) >= 11 is 0. The zero-order chi connectivity index (χ0) is 34.8. The van der Waals surface area contributed by atoms with Gasteiger partial charge in [0.15, 0.2) is 12.2 Å². The monoisotopic (exact) mass is 662 g/mol. The Morgan fingerprint density at radius 1 is 0.612 bits per heavy atom. The van der Waals surface area contributed by atoms with Gasteiger partial charge in [-0.05, 0) is 57.9 Å². The summed E-state index contributed by atoms with van der Waals surface area (Å²) in [4.78, 5) is 25.1. The minimum absolute atomic E-state index is 0.0565. The van der Waals surface area contributed by atoms with Crippen LogP contribution < -0.4 is 18.9 Å². The van der Waals surface area contributed by atoms with Crippen LogP contribution in [0.1, 0.15) is 31.9 Å². The number of esters is 2. The molecule has 2 atom stereocenters. The van der Waals surface area contributed by atoms with Crippen molar-refractivity contribution >= 4 is 22.7 Å². The SMILES string of the molecule is C=C(C)C(=O)OC(COc1ccccc1)COc1c2c(c(OCC(COc3ccccc3)OC(=O)C(=C)C)c3ccccc13)CC(C)=CC2. The van der Waals surface area contributed by atoms with Crippen LogP contribution in [0.2, 0.25) is 0 Å². The maximum Gasteiger partial charge on any atom is 0.333 e. The first kappa shape index (κ1) is 34.8. The van der Waals surface area contributed by atoms with Gasteiger partial charge >= 0.3 is 11.9 Å². The molecule has 0 amide bonds. The molecule has 0 heterocycles. The summed E-state index contributed by atoms with van der Waals surface area (Å²) in [6.07, 6.45) is 2.04. The van der Waals surface area contributed by atoms with Crippen LogP contribution >= 0.6 is 0 Å². The zero-order valence-corrected chi connectivity index (χ0v) is 28.2. The van der Waals surface area contributed by atoms with Gasteiger partial charge in [0.1, 0.15) is 49.4 Å². The highest BCUT2D eigenvalue weighted by molar-refractivity contribution is 5.96. The van der Waals surface area contributed by atoms with Gasteiger partial charge in [-0.1, -0.05) is 85.5 Å². The molecule has 0 aromatic heterocycles. The van der Waals surface area contributed by atoms with Crippen LogP contribution in [0.15, 0.2) is 121 Å². The maximum atomic E-state index is 12.6. The minimum atomic E-state index is -0.705. The third kappa shape index (κ3) is 9.32. The lowest BCUT2D eigenvalue weighted by Gasteiger charge is -2.27. The predicted octanol–water partition coefficient (Wildman–Crippen LogP) is 7.78. The van der Waals surface area contributed by atoms with E-state index in [1.807, 2.05) is 84.9 Å². The number of carbonyl (C=O) groups is 2. The normalized spacial score (nSPS) is 13.2. The molecule has 5 rings (SSSR count). The molecule has 4 aromatic rings. The third-order valence-electron chi connectivity index (χ3n) is 7.87. The van der Waals surface area contributed by atoms with Crippen molar-refractivity contribution in [1.82, 2.24) is 0 Å². The van der Waals surface area contributed by atoms with Crippen LogP contribution in [0, 0.1) is 0 Å². The number of allylic oxidation sites excluding steroid dienone is 2. The molecule has 1 aliphatic rings. The van der Waals surface area contributed by atoms with E-state index in [4.69, 9.17) is 28.4 Å². The van der Waals surface area contributed by atoms with Gasteiger partial charge in [-0.2, -0.15) is 0 Å². The highest BCUT2D eigenvalue weighted by Crippen LogP contribution is 2.44. The molecule has 0 bridgehead atoms. The summed E-state index contributed by atoms with van der Waals surface area (Å²) in [5.41, 5.74) is 3.73. The summed E-state index contributed by atoms with van der Waals surface area (Å²) in [7, 11) is 0. The molecular formula is C41H42O8. The van der Waals surface area contributed by atoms with Crippen molar-refractivity contribution in [3.8, 4) is 23.0 Å². The second-order valence-corrected chi connectivity index (χ2v) is 12.1. The van der Waals surface area contributed by atoms with E-state index in [-0.39, 0.29) is 37.6 Å². The van der Waals surface area contributed by atoms with E-state index in [1.54, 1.807) is 13.8 Å². The second kappa shape index (κ2) is 16.6. The van der Waals surface area contributed by atoms with E-state index >= 15 is 0 Å². The number of hydrogen-bond acceptors (Lipinski definition) is 8. The Bertz CT molecular complexity index is 1830. The van der Waals surface area contributed by atoms with E-state index < -0.39 is 24.1 Å². The van der Waals surface area contributed by atoms with Crippen molar-refractivity contribution in [3.05, 3.63) is 132 Å². The lowest BCUT2D eigenvalue weighted by Crippen LogP contribution is -2.32. The fourth-order valence-electron chi connectivity index (χ4n) is 5.34. The number of benzene rings is 4. The Balaban J connectivity index is 1.43. The second-order valence-electron chi connectivity index (χ2n) is 12.1. The summed E-state index contributed by atoms with van der Waals surface area (Å²) in [6, 6.07) is 26.5. The van der Waals surface area contributed by atoms with Crippen molar-refractivity contribution in [2.24, 2.45) is 0 Å². The van der Waals surface area contributed by atoms with Crippen LogP contribution in [0.4, 0.5) is 0 Å². The number of rotatable bonds is 16. The number of hydrogen-bond donors (Lipinski definition) is 0. The van der Waals surface area contributed by atoms with Crippen LogP contribution in [-0.4, -0.2) is 50.6 Å². The Labute approximate surface area is 287 Å². The standard InChI is InChI=1S/C41H42O8/c1-27(2)40(42)48-32(23-44-30-14-8-6-9-15-30)25-46-38-34-18-12-13-19-35(34)39(37-22-29(5)20-21-36(37)38)47-26-33(49-41(43)28(3)4)24-45-31-16-10-7-11-17-31/h6-20,32-33H,1,3,21-26H2,2,4-5H3. The Hall–Kier alpha value is -5.50. The molecule has 254 valence electrons. The molecule has 0 fully saturated rings. The van der Waals surface area contributed by atoms with Crippen LogP contribution in [0.25, 0.3) is 10.8 Å². The van der Waals surface area contributed by atoms with Gasteiger partial charge < -0.3 is 28.4 Å². The van der Waals surface area contributed by atoms with Gasteiger partial charge in [0.25, 0.3) is 0 Å². The maximum absolute atomic E-state index is 12.6.